The first-order chi connectivity index (χ1) is 4.86. The van der Waals surface area contributed by atoms with Crippen LogP contribution < -0.4 is 5.32 Å². The fourth-order valence-corrected chi connectivity index (χ4v) is 1.13. The Morgan fingerprint density at radius 2 is 2.20 bits per heavy atom. The van der Waals surface area contributed by atoms with Crippen LogP contribution in [0.1, 0.15) is 5.56 Å². The fraction of sp³-hybridized carbons (Fsp3) is 0. The van der Waals surface area contributed by atoms with Crippen LogP contribution in [0.2, 0.25) is 5.02 Å². The molecule has 0 unspecified atom stereocenters. The molecule has 0 amide bonds. The molecular formula is C8H5ClN. The standard InChI is InChI=1S/C8H5ClN/c9-7-2-1-6-3-4-10-8(6)5-7/h1-5H. The molecule has 2 rings (SSSR count). The Labute approximate surface area is 64.3 Å². The predicted molar refractivity (Wildman–Crippen MR) is 42.3 cm³/mol. The Balaban J connectivity index is 2.59. The molecule has 1 aliphatic rings. The van der Waals surface area contributed by atoms with Gasteiger partial charge in [0.15, 0.2) is 0 Å². The highest BCUT2D eigenvalue weighted by molar-refractivity contribution is 6.30. The Morgan fingerprint density at radius 1 is 1.30 bits per heavy atom. The molecule has 2 heteroatoms. The van der Waals surface area contributed by atoms with E-state index in [2.05, 4.69) is 5.32 Å². The number of benzene rings is 1. The Bertz CT molecular complexity index is 291. The van der Waals surface area contributed by atoms with Gasteiger partial charge in [-0.05, 0) is 18.2 Å². The number of nitrogens with zero attached hydrogens (tertiary/aromatic N) is 1. The molecule has 0 saturated heterocycles. The number of fused-ring (bicyclic) bond motifs is 1. The van der Waals surface area contributed by atoms with Gasteiger partial charge in [0.2, 0.25) is 0 Å². The van der Waals surface area contributed by atoms with E-state index in [-0.39, 0.29) is 0 Å². The van der Waals surface area contributed by atoms with Gasteiger partial charge in [-0.1, -0.05) is 17.7 Å². The van der Waals surface area contributed by atoms with E-state index < -0.39 is 0 Å². The molecule has 1 aromatic rings. The second-order valence-corrected chi connectivity index (χ2v) is 2.58. The van der Waals surface area contributed by atoms with Gasteiger partial charge in [0.05, 0.1) is 5.69 Å². The van der Waals surface area contributed by atoms with Gasteiger partial charge in [0.25, 0.3) is 0 Å². The van der Waals surface area contributed by atoms with Gasteiger partial charge in [-0.15, -0.1) is 0 Å². The van der Waals surface area contributed by atoms with Crippen molar-refractivity contribution in [1.82, 2.24) is 5.32 Å². The minimum absolute atomic E-state index is 0.742. The lowest BCUT2D eigenvalue weighted by molar-refractivity contribution is 1.22. The molecule has 0 fully saturated rings. The first-order valence-electron chi connectivity index (χ1n) is 3.03. The lowest BCUT2D eigenvalue weighted by Crippen LogP contribution is -1.80. The average molecular weight is 151 g/mol. The molecule has 1 heterocycles. The zero-order chi connectivity index (χ0) is 6.97. The normalized spacial score (nSPS) is 12.9. The van der Waals surface area contributed by atoms with E-state index in [0.717, 1.165) is 16.3 Å². The number of rotatable bonds is 0. The molecule has 10 heavy (non-hydrogen) atoms. The fourth-order valence-electron chi connectivity index (χ4n) is 0.967. The van der Waals surface area contributed by atoms with Gasteiger partial charge in [0.1, 0.15) is 0 Å². The van der Waals surface area contributed by atoms with E-state index in [1.54, 1.807) is 6.20 Å². The van der Waals surface area contributed by atoms with Crippen LogP contribution in [0.3, 0.4) is 0 Å². The maximum absolute atomic E-state index is 5.74. The Hall–Kier alpha value is -0.950. The lowest BCUT2D eigenvalue weighted by atomic mass is 10.2. The molecule has 0 spiro atoms. The zero-order valence-corrected chi connectivity index (χ0v) is 5.97. The van der Waals surface area contributed by atoms with Crippen LogP contribution in [0.5, 0.6) is 0 Å². The van der Waals surface area contributed by atoms with E-state index in [4.69, 9.17) is 11.6 Å². The molecule has 49 valence electrons. The van der Waals surface area contributed by atoms with Crippen LogP contribution in [0.4, 0.5) is 5.69 Å². The summed E-state index contributed by atoms with van der Waals surface area (Å²) in [6, 6.07) is 5.69. The molecule has 1 nitrogen and oxygen atoms in total. The minimum Gasteiger partial charge on any atom is -0.256 e. The second-order valence-electron chi connectivity index (χ2n) is 2.15. The maximum atomic E-state index is 5.74. The third kappa shape index (κ3) is 0.792. The summed E-state index contributed by atoms with van der Waals surface area (Å²) in [5, 5.41) is 4.84. The van der Waals surface area contributed by atoms with Gasteiger partial charge in [-0.25, -0.2) is 0 Å². The highest BCUT2D eigenvalue weighted by Crippen LogP contribution is 2.25. The van der Waals surface area contributed by atoms with Gasteiger partial charge in [-0.3, -0.25) is 5.32 Å². The lowest BCUT2D eigenvalue weighted by Gasteiger charge is -1.95. The van der Waals surface area contributed by atoms with Crippen molar-refractivity contribution in [2.45, 2.75) is 0 Å². The molecule has 0 bridgehead atoms. The van der Waals surface area contributed by atoms with Crippen molar-refractivity contribution in [3.8, 4) is 0 Å². The van der Waals surface area contributed by atoms with Crippen molar-refractivity contribution in [2.24, 2.45) is 0 Å². The number of hydrogen-bond acceptors (Lipinski definition) is 0. The number of hydrogen-bond donors (Lipinski definition) is 0. The van der Waals surface area contributed by atoms with Crippen LogP contribution in [-0.4, -0.2) is 0 Å². The van der Waals surface area contributed by atoms with Gasteiger partial charge in [-0.2, -0.15) is 0 Å². The molecule has 0 aromatic heterocycles. The first-order valence-corrected chi connectivity index (χ1v) is 3.41. The summed E-state index contributed by atoms with van der Waals surface area (Å²) >= 11 is 5.74. The summed E-state index contributed by atoms with van der Waals surface area (Å²) in [7, 11) is 0. The second kappa shape index (κ2) is 2.03. The summed E-state index contributed by atoms with van der Waals surface area (Å²) < 4.78 is 0. The van der Waals surface area contributed by atoms with E-state index in [9.17, 15) is 0 Å². The molecule has 0 atom stereocenters. The topological polar surface area (TPSA) is 14.1 Å². The van der Waals surface area contributed by atoms with Crippen LogP contribution in [0.15, 0.2) is 24.4 Å². The van der Waals surface area contributed by atoms with Crippen molar-refractivity contribution in [3.05, 3.63) is 35.0 Å². The zero-order valence-electron chi connectivity index (χ0n) is 5.21. The molecule has 0 N–H and O–H groups in total. The van der Waals surface area contributed by atoms with Crippen LogP contribution >= 0.6 is 11.6 Å². The summed E-state index contributed by atoms with van der Waals surface area (Å²) in [4.78, 5) is 0. The molecule has 0 aliphatic carbocycles. The SMILES string of the molecule is Clc1ccc2c(c1)[N]C=C2. The van der Waals surface area contributed by atoms with Crippen LogP contribution in [0, 0.1) is 0 Å². The van der Waals surface area contributed by atoms with Crippen molar-refractivity contribution in [2.75, 3.05) is 0 Å². The summed E-state index contributed by atoms with van der Waals surface area (Å²) in [5.41, 5.74) is 2.11. The molecule has 1 aromatic carbocycles. The first kappa shape index (κ1) is 5.81. The smallest absolute Gasteiger partial charge is 0.0717 e. The monoisotopic (exact) mass is 150 g/mol. The van der Waals surface area contributed by atoms with Gasteiger partial charge < -0.3 is 0 Å². The predicted octanol–water partition coefficient (Wildman–Crippen LogP) is 2.56. The van der Waals surface area contributed by atoms with E-state index in [0.29, 0.717) is 0 Å². The third-order valence-corrected chi connectivity index (χ3v) is 1.70. The molecule has 1 aliphatic heterocycles. The van der Waals surface area contributed by atoms with Crippen molar-refractivity contribution < 1.29 is 0 Å². The molecule has 1 radical (unpaired) electrons. The van der Waals surface area contributed by atoms with Crippen molar-refractivity contribution >= 4 is 23.4 Å². The average Bonchev–Trinajstić information content (AvgIpc) is 2.33. The van der Waals surface area contributed by atoms with E-state index in [1.165, 1.54) is 0 Å². The minimum atomic E-state index is 0.742. The number of halogens is 1. The van der Waals surface area contributed by atoms with Crippen LogP contribution in [0.25, 0.3) is 6.08 Å². The maximum Gasteiger partial charge on any atom is 0.0717 e. The van der Waals surface area contributed by atoms with Crippen LogP contribution in [-0.2, 0) is 0 Å². The summed E-state index contributed by atoms with van der Waals surface area (Å²) in [6.45, 7) is 0. The molecular weight excluding hydrogens is 146 g/mol. The van der Waals surface area contributed by atoms with Crippen molar-refractivity contribution in [3.63, 3.8) is 0 Å². The van der Waals surface area contributed by atoms with Gasteiger partial charge in [0, 0.05) is 16.8 Å². The van der Waals surface area contributed by atoms with E-state index in [1.807, 2.05) is 24.3 Å². The quantitative estimate of drug-likeness (QED) is 0.540. The summed E-state index contributed by atoms with van der Waals surface area (Å²) in [5.74, 6) is 0. The summed E-state index contributed by atoms with van der Waals surface area (Å²) in [6.07, 6.45) is 3.74. The van der Waals surface area contributed by atoms with E-state index >= 15 is 0 Å². The Morgan fingerprint density at radius 3 is 3.10 bits per heavy atom. The highest BCUT2D eigenvalue weighted by Gasteiger charge is 2.04. The molecule has 0 saturated carbocycles. The third-order valence-electron chi connectivity index (χ3n) is 1.46. The van der Waals surface area contributed by atoms with Crippen molar-refractivity contribution in [1.29, 1.82) is 0 Å². The Kier molecular flexibility index (Phi) is 1.18. The van der Waals surface area contributed by atoms with Gasteiger partial charge >= 0.3 is 0 Å². The highest BCUT2D eigenvalue weighted by atomic mass is 35.5. The largest absolute Gasteiger partial charge is 0.256 e.